The minimum Gasteiger partial charge on any atom is -0.477 e. The number of aromatic nitrogens is 2. The van der Waals surface area contributed by atoms with Crippen LogP contribution in [0.1, 0.15) is 27.9 Å². The van der Waals surface area contributed by atoms with Crippen LogP contribution in [0.5, 0.6) is 0 Å². The van der Waals surface area contributed by atoms with Crippen LogP contribution in [0.15, 0.2) is 6.33 Å². The summed E-state index contributed by atoms with van der Waals surface area (Å²) in [7, 11) is 3.96. The molecule has 7 nitrogen and oxygen atoms in total. The van der Waals surface area contributed by atoms with Crippen LogP contribution < -0.4 is 0 Å². The van der Waals surface area contributed by atoms with E-state index in [1.54, 1.807) is 4.90 Å². The highest BCUT2D eigenvalue weighted by molar-refractivity contribution is 6.02. The Labute approximate surface area is 111 Å². The van der Waals surface area contributed by atoms with E-state index in [1.807, 2.05) is 14.1 Å². The second kappa shape index (κ2) is 5.00. The summed E-state index contributed by atoms with van der Waals surface area (Å²) in [4.78, 5) is 33.4. The fraction of sp³-hybridized carbons (Fsp3) is 0.583. The van der Waals surface area contributed by atoms with Gasteiger partial charge in [-0.25, -0.2) is 9.78 Å². The number of likely N-dealkylation sites (tertiary alicyclic amines) is 1. The van der Waals surface area contributed by atoms with Crippen molar-refractivity contribution in [2.45, 2.75) is 13.0 Å². The summed E-state index contributed by atoms with van der Waals surface area (Å²) < 4.78 is 0. The summed E-state index contributed by atoms with van der Waals surface area (Å²) in [5.41, 5.74) is -0.162. The first-order chi connectivity index (χ1) is 8.91. The Morgan fingerprint density at radius 3 is 2.68 bits per heavy atom. The second-order valence-corrected chi connectivity index (χ2v) is 5.15. The largest absolute Gasteiger partial charge is 0.477 e. The highest BCUT2D eigenvalue weighted by Crippen LogP contribution is 2.22. The van der Waals surface area contributed by atoms with E-state index in [0.717, 1.165) is 0 Å². The minimum atomic E-state index is -1.17. The minimum absolute atomic E-state index is 0.0147. The molecule has 2 heterocycles. The smallest absolute Gasteiger partial charge is 0.354 e. The van der Waals surface area contributed by atoms with Crippen LogP contribution in [-0.4, -0.2) is 70.0 Å². The summed E-state index contributed by atoms with van der Waals surface area (Å²) in [5.74, 6) is -1.14. The number of nitrogens with zero attached hydrogens (tertiary/aromatic N) is 3. The molecule has 1 aliphatic heterocycles. The number of carboxylic acids is 1. The van der Waals surface area contributed by atoms with Crippen molar-refractivity contribution >= 4 is 11.9 Å². The topological polar surface area (TPSA) is 89.5 Å². The van der Waals surface area contributed by atoms with Gasteiger partial charge in [0.05, 0.1) is 6.33 Å². The number of carbonyl (C=O) groups excluding carboxylic acids is 1. The molecule has 1 aliphatic rings. The number of amides is 1. The van der Waals surface area contributed by atoms with Gasteiger partial charge in [-0.05, 0) is 20.0 Å². The van der Waals surface area contributed by atoms with Crippen LogP contribution >= 0.6 is 0 Å². The molecule has 0 aromatic carbocycles. The van der Waals surface area contributed by atoms with Gasteiger partial charge in [-0.15, -0.1) is 0 Å². The van der Waals surface area contributed by atoms with Crippen molar-refractivity contribution in [2.24, 2.45) is 5.92 Å². The molecule has 0 aliphatic carbocycles. The van der Waals surface area contributed by atoms with Crippen LogP contribution in [0.3, 0.4) is 0 Å². The highest BCUT2D eigenvalue weighted by Gasteiger charge is 2.35. The van der Waals surface area contributed by atoms with Gasteiger partial charge < -0.3 is 19.9 Å². The summed E-state index contributed by atoms with van der Waals surface area (Å²) in [6.07, 6.45) is 1.24. The second-order valence-electron chi connectivity index (χ2n) is 5.15. The first-order valence-corrected chi connectivity index (χ1v) is 6.14. The van der Waals surface area contributed by atoms with E-state index in [2.05, 4.69) is 21.8 Å². The van der Waals surface area contributed by atoms with Crippen LogP contribution in [0.25, 0.3) is 0 Å². The van der Waals surface area contributed by atoms with Crippen molar-refractivity contribution in [3.8, 4) is 0 Å². The van der Waals surface area contributed by atoms with Crippen molar-refractivity contribution in [3.63, 3.8) is 0 Å². The fourth-order valence-electron chi connectivity index (χ4n) is 2.56. The fourth-order valence-corrected chi connectivity index (χ4v) is 2.56. The van der Waals surface area contributed by atoms with Crippen molar-refractivity contribution < 1.29 is 14.7 Å². The zero-order valence-corrected chi connectivity index (χ0v) is 11.3. The molecule has 0 radical (unpaired) electrons. The number of hydrogen-bond donors (Lipinski definition) is 2. The molecule has 2 N–H and O–H groups in total. The van der Waals surface area contributed by atoms with Gasteiger partial charge in [0.15, 0.2) is 11.4 Å². The first kappa shape index (κ1) is 13.5. The number of nitrogens with one attached hydrogen (secondary N) is 1. The first-order valence-electron chi connectivity index (χ1n) is 6.14. The number of carbonyl (C=O) groups is 2. The maximum atomic E-state index is 12.3. The standard InChI is InChI=1S/C12H18N4O3/c1-7-4-16(5-8(7)15(2)3)11(17)9-10(12(18)19)14-6-13-9/h6-8H,4-5H2,1-3H3,(H,13,14)(H,18,19). The number of H-pyrrole nitrogens is 1. The number of aromatic amines is 1. The zero-order valence-electron chi connectivity index (χ0n) is 11.3. The molecule has 1 aromatic rings. The Morgan fingerprint density at radius 2 is 2.16 bits per heavy atom. The molecule has 2 unspecified atom stereocenters. The average molecular weight is 266 g/mol. The normalized spacial score (nSPS) is 23.1. The molecule has 1 fully saturated rings. The molecule has 0 spiro atoms. The van der Waals surface area contributed by atoms with Gasteiger partial charge in [-0.1, -0.05) is 6.92 Å². The molecule has 0 bridgehead atoms. The summed E-state index contributed by atoms with van der Waals surface area (Å²) in [6, 6.07) is 0.288. The summed E-state index contributed by atoms with van der Waals surface area (Å²) in [6.45, 7) is 3.30. The van der Waals surface area contributed by atoms with Gasteiger partial charge in [-0.3, -0.25) is 4.79 Å². The Hall–Kier alpha value is -1.89. The van der Waals surface area contributed by atoms with Gasteiger partial charge in [0.25, 0.3) is 5.91 Å². The van der Waals surface area contributed by atoms with Gasteiger partial charge in [0, 0.05) is 19.1 Å². The van der Waals surface area contributed by atoms with Crippen LogP contribution in [0, 0.1) is 5.92 Å². The Kier molecular flexibility index (Phi) is 3.57. The van der Waals surface area contributed by atoms with Gasteiger partial charge >= 0.3 is 5.97 Å². The maximum Gasteiger partial charge on any atom is 0.354 e. The van der Waals surface area contributed by atoms with Crippen LogP contribution in [0.2, 0.25) is 0 Å². The lowest BCUT2D eigenvalue weighted by molar-refractivity contribution is 0.0673. The van der Waals surface area contributed by atoms with E-state index in [0.29, 0.717) is 19.0 Å². The average Bonchev–Trinajstić information content (AvgIpc) is 2.93. The van der Waals surface area contributed by atoms with Crippen LogP contribution in [0.4, 0.5) is 0 Å². The molecule has 0 saturated carbocycles. The molecule has 1 amide bonds. The number of rotatable bonds is 3. The van der Waals surface area contributed by atoms with Crippen LogP contribution in [-0.2, 0) is 0 Å². The van der Waals surface area contributed by atoms with Gasteiger partial charge in [0.2, 0.25) is 0 Å². The monoisotopic (exact) mass is 266 g/mol. The third-order valence-electron chi connectivity index (χ3n) is 3.58. The quantitative estimate of drug-likeness (QED) is 0.811. The molecular formula is C12H18N4O3. The van der Waals surface area contributed by atoms with Gasteiger partial charge in [-0.2, -0.15) is 0 Å². The molecule has 19 heavy (non-hydrogen) atoms. The van der Waals surface area contributed by atoms with Crippen molar-refractivity contribution in [3.05, 3.63) is 17.7 Å². The van der Waals surface area contributed by atoms with E-state index < -0.39 is 5.97 Å². The summed E-state index contributed by atoms with van der Waals surface area (Å²) >= 11 is 0. The summed E-state index contributed by atoms with van der Waals surface area (Å²) in [5, 5.41) is 8.99. The molecule has 2 atom stereocenters. The molecular weight excluding hydrogens is 248 g/mol. The van der Waals surface area contributed by atoms with Crippen molar-refractivity contribution in [2.75, 3.05) is 27.2 Å². The Bertz CT molecular complexity index is 497. The lowest BCUT2D eigenvalue weighted by atomic mass is 10.1. The molecule has 1 saturated heterocycles. The Balaban J connectivity index is 2.17. The molecule has 2 rings (SSSR count). The zero-order chi connectivity index (χ0) is 14.2. The number of likely N-dealkylation sites (N-methyl/N-ethyl adjacent to an activating group) is 1. The predicted octanol–water partition coefficient (Wildman–Crippen LogP) is 0.130. The number of carboxylic acid groups (broad SMARTS) is 1. The third-order valence-corrected chi connectivity index (χ3v) is 3.58. The van der Waals surface area contributed by atoms with Crippen molar-refractivity contribution in [1.29, 1.82) is 0 Å². The molecule has 104 valence electrons. The Morgan fingerprint density at radius 1 is 1.47 bits per heavy atom. The van der Waals surface area contributed by atoms with Crippen molar-refractivity contribution in [1.82, 2.24) is 19.8 Å². The number of imidazole rings is 1. The molecule has 7 heteroatoms. The van der Waals surface area contributed by atoms with E-state index in [9.17, 15) is 9.59 Å². The van der Waals surface area contributed by atoms with E-state index >= 15 is 0 Å². The molecule has 1 aromatic heterocycles. The lowest BCUT2D eigenvalue weighted by Crippen LogP contribution is -2.36. The predicted molar refractivity (Wildman–Crippen MR) is 68.1 cm³/mol. The SMILES string of the molecule is CC1CN(C(=O)c2nc[nH]c2C(=O)O)CC1N(C)C. The van der Waals surface area contributed by atoms with Gasteiger partial charge in [0.1, 0.15) is 0 Å². The lowest BCUT2D eigenvalue weighted by Gasteiger charge is -2.22. The van der Waals surface area contributed by atoms with E-state index in [1.165, 1.54) is 6.33 Å². The number of hydrogen-bond acceptors (Lipinski definition) is 4. The third kappa shape index (κ3) is 2.46. The van der Waals surface area contributed by atoms with E-state index in [4.69, 9.17) is 5.11 Å². The number of aromatic carboxylic acids is 1. The van der Waals surface area contributed by atoms with E-state index in [-0.39, 0.29) is 23.3 Å². The highest BCUT2D eigenvalue weighted by atomic mass is 16.4. The maximum absolute atomic E-state index is 12.3.